The molecule has 0 fully saturated rings. The average Bonchev–Trinajstić information content (AvgIpc) is 3.36. The van der Waals surface area contributed by atoms with Gasteiger partial charge < -0.3 is 0 Å². The highest BCUT2D eigenvalue weighted by Crippen LogP contribution is 2.18. The first kappa shape index (κ1) is 15.9. The van der Waals surface area contributed by atoms with E-state index in [2.05, 4.69) is 30.3 Å². The van der Waals surface area contributed by atoms with Crippen LogP contribution in [0.4, 0.5) is 5.69 Å². The van der Waals surface area contributed by atoms with Gasteiger partial charge in [0.05, 0.1) is 22.5 Å². The molecule has 3 aromatic heterocycles. The van der Waals surface area contributed by atoms with E-state index >= 15 is 0 Å². The molecule has 0 radical (unpaired) electrons. The summed E-state index contributed by atoms with van der Waals surface area (Å²) in [6.07, 6.45) is 6.20. The molecular formula is C15H12N8O2S. The van der Waals surface area contributed by atoms with Gasteiger partial charge >= 0.3 is 0 Å². The van der Waals surface area contributed by atoms with Gasteiger partial charge in [-0.25, -0.2) is 22.8 Å². The first-order chi connectivity index (χ1) is 12.6. The summed E-state index contributed by atoms with van der Waals surface area (Å²) in [6, 6.07) is 11.3. The lowest BCUT2D eigenvalue weighted by Crippen LogP contribution is -2.14. The van der Waals surface area contributed by atoms with Crippen molar-refractivity contribution in [3.05, 3.63) is 67.4 Å². The minimum Gasteiger partial charge on any atom is -0.278 e. The lowest BCUT2D eigenvalue weighted by atomic mass is 10.3. The topological polar surface area (TPSA) is 120 Å². The van der Waals surface area contributed by atoms with Crippen LogP contribution in [0.25, 0.3) is 11.5 Å². The number of nitrogens with zero attached hydrogens (tertiary/aromatic N) is 7. The highest BCUT2D eigenvalue weighted by atomic mass is 32.2. The third kappa shape index (κ3) is 3.15. The molecular weight excluding hydrogens is 356 g/mol. The number of hydrogen-bond donors (Lipinski definition) is 1. The second-order valence-corrected chi connectivity index (χ2v) is 6.90. The quantitative estimate of drug-likeness (QED) is 0.559. The Kier molecular flexibility index (Phi) is 3.89. The molecule has 4 rings (SSSR count). The normalized spacial score (nSPS) is 11.4. The first-order valence-electron chi connectivity index (χ1n) is 7.44. The van der Waals surface area contributed by atoms with E-state index in [0.717, 1.165) is 0 Å². The van der Waals surface area contributed by atoms with Crippen LogP contribution in [0.15, 0.2) is 72.3 Å². The summed E-state index contributed by atoms with van der Waals surface area (Å²) in [7, 11) is -3.79. The number of anilines is 1. The Morgan fingerprint density at radius 3 is 2.65 bits per heavy atom. The number of rotatable bonds is 5. The van der Waals surface area contributed by atoms with Crippen LogP contribution in [-0.4, -0.2) is 43.4 Å². The van der Waals surface area contributed by atoms with E-state index in [1.54, 1.807) is 47.4 Å². The number of benzene rings is 1. The lowest BCUT2D eigenvalue weighted by molar-refractivity contribution is 0.601. The Morgan fingerprint density at radius 2 is 1.96 bits per heavy atom. The van der Waals surface area contributed by atoms with Gasteiger partial charge in [-0.2, -0.15) is 5.10 Å². The lowest BCUT2D eigenvalue weighted by Gasteiger charge is -2.09. The van der Waals surface area contributed by atoms with Crippen molar-refractivity contribution in [2.75, 3.05) is 4.72 Å². The van der Waals surface area contributed by atoms with Gasteiger partial charge in [0.15, 0.2) is 5.82 Å². The number of hydrogen-bond acceptors (Lipinski definition) is 7. The minimum absolute atomic E-state index is 0.0849. The molecule has 0 aliphatic heterocycles. The molecule has 1 aromatic carbocycles. The maximum atomic E-state index is 12.6. The first-order valence-corrected chi connectivity index (χ1v) is 8.92. The van der Waals surface area contributed by atoms with E-state index in [-0.39, 0.29) is 4.90 Å². The van der Waals surface area contributed by atoms with E-state index in [1.807, 2.05) is 0 Å². The fraction of sp³-hybridized carbons (Fsp3) is 0. The molecule has 130 valence electrons. The molecule has 0 saturated heterocycles. The maximum absolute atomic E-state index is 12.6. The number of nitrogens with one attached hydrogen (secondary N) is 1. The Hall–Kier alpha value is -3.60. The molecule has 0 aliphatic carbocycles. The van der Waals surface area contributed by atoms with Gasteiger partial charge in [0.2, 0.25) is 0 Å². The van der Waals surface area contributed by atoms with Gasteiger partial charge in [0.25, 0.3) is 10.0 Å². The van der Waals surface area contributed by atoms with Crippen LogP contribution in [0, 0.1) is 0 Å². The Morgan fingerprint density at radius 1 is 1.04 bits per heavy atom. The fourth-order valence-electron chi connectivity index (χ4n) is 2.27. The van der Waals surface area contributed by atoms with Gasteiger partial charge in [-0.15, -0.1) is 5.10 Å². The molecule has 11 heteroatoms. The highest BCUT2D eigenvalue weighted by molar-refractivity contribution is 7.92. The largest absolute Gasteiger partial charge is 0.278 e. The Bertz CT molecular complexity index is 1110. The van der Waals surface area contributed by atoms with Crippen LogP contribution in [0.3, 0.4) is 0 Å². The summed E-state index contributed by atoms with van der Waals surface area (Å²) in [5.41, 5.74) is 0.874. The van der Waals surface area contributed by atoms with Crippen molar-refractivity contribution in [1.82, 2.24) is 35.0 Å². The van der Waals surface area contributed by atoms with E-state index < -0.39 is 10.0 Å². The van der Waals surface area contributed by atoms with E-state index in [4.69, 9.17) is 0 Å². The number of sulfonamides is 1. The van der Waals surface area contributed by atoms with Gasteiger partial charge in [0, 0.05) is 12.4 Å². The molecule has 0 saturated carbocycles. The summed E-state index contributed by atoms with van der Waals surface area (Å²) < 4.78 is 30.7. The number of pyridine rings is 1. The zero-order chi connectivity index (χ0) is 18.0. The molecule has 0 bridgehead atoms. The third-order valence-electron chi connectivity index (χ3n) is 3.48. The molecule has 1 N–H and O–H groups in total. The van der Waals surface area contributed by atoms with Gasteiger partial charge in [-0.1, -0.05) is 6.07 Å². The van der Waals surface area contributed by atoms with Crippen LogP contribution in [-0.2, 0) is 10.0 Å². The van der Waals surface area contributed by atoms with E-state index in [1.165, 1.54) is 29.3 Å². The van der Waals surface area contributed by atoms with E-state index in [9.17, 15) is 8.42 Å². The van der Waals surface area contributed by atoms with Crippen LogP contribution in [0.2, 0.25) is 0 Å². The Balaban J connectivity index is 1.58. The molecule has 10 nitrogen and oxygen atoms in total. The van der Waals surface area contributed by atoms with Crippen LogP contribution in [0.5, 0.6) is 0 Å². The van der Waals surface area contributed by atoms with Gasteiger partial charge in [-0.05, 0) is 46.8 Å². The molecule has 4 aromatic rings. The van der Waals surface area contributed by atoms with Crippen LogP contribution in [0.1, 0.15) is 0 Å². The van der Waals surface area contributed by atoms with Crippen LogP contribution < -0.4 is 4.72 Å². The molecule has 3 heterocycles. The predicted molar refractivity (Wildman–Crippen MR) is 91.3 cm³/mol. The summed E-state index contributed by atoms with van der Waals surface area (Å²) >= 11 is 0. The van der Waals surface area contributed by atoms with Crippen molar-refractivity contribution in [2.45, 2.75) is 4.90 Å². The summed E-state index contributed by atoms with van der Waals surface area (Å²) in [5.74, 6) is 0.582. The molecule has 0 amide bonds. The zero-order valence-electron chi connectivity index (χ0n) is 13.2. The van der Waals surface area contributed by atoms with Crippen molar-refractivity contribution in [2.24, 2.45) is 0 Å². The summed E-state index contributed by atoms with van der Waals surface area (Å²) in [4.78, 5) is 4.28. The van der Waals surface area contributed by atoms with Crippen molar-refractivity contribution >= 4 is 15.7 Å². The second kappa shape index (κ2) is 6.37. The molecule has 0 atom stereocenters. The molecule has 0 aliphatic rings. The second-order valence-electron chi connectivity index (χ2n) is 5.21. The molecule has 0 spiro atoms. The zero-order valence-corrected chi connectivity index (χ0v) is 14.0. The van der Waals surface area contributed by atoms with E-state index in [0.29, 0.717) is 17.2 Å². The summed E-state index contributed by atoms with van der Waals surface area (Å²) in [6.45, 7) is 0. The predicted octanol–water partition coefficient (Wildman–Crippen LogP) is 1.04. The average molecular weight is 368 g/mol. The number of tetrazole rings is 1. The van der Waals surface area contributed by atoms with Crippen molar-refractivity contribution < 1.29 is 8.42 Å². The Labute approximate surface area is 148 Å². The minimum atomic E-state index is -3.79. The SMILES string of the molecule is O=S(=O)(Nc1ccc(-n2cccn2)nc1)c1cccc(-n2cnnn2)c1. The van der Waals surface area contributed by atoms with Crippen LogP contribution >= 0.6 is 0 Å². The van der Waals surface area contributed by atoms with Crippen molar-refractivity contribution in [3.8, 4) is 11.5 Å². The van der Waals surface area contributed by atoms with Crippen molar-refractivity contribution in [3.63, 3.8) is 0 Å². The summed E-state index contributed by atoms with van der Waals surface area (Å²) in [5, 5.41) is 14.9. The number of aromatic nitrogens is 7. The highest BCUT2D eigenvalue weighted by Gasteiger charge is 2.15. The smallest absolute Gasteiger partial charge is 0.262 e. The standard InChI is InChI=1S/C15H12N8O2S/c24-26(25,14-4-1-3-13(9-14)23-11-17-20-21-23)19-12-5-6-15(16-10-12)22-8-2-7-18-22/h1-11,19H. The van der Waals surface area contributed by atoms with Crippen molar-refractivity contribution in [1.29, 1.82) is 0 Å². The van der Waals surface area contributed by atoms with Gasteiger partial charge in [0.1, 0.15) is 6.33 Å². The van der Waals surface area contributed by atoms with Gasteiger partial charge in [-0.3, -0.25) is 4.72 Å². The molecule has 26 heavy (non-hydrogen) atoms. The molecule has 0 unspecified atom stereocenters. The monoisotopic (exact) mass is 368 g/mol. The fourth-order valence-corrected chi connectivity index (χ4v) is 3.36. The third-order valence-corrected chi connectivity index (χ3v) is 4.86. The maximum Gasteiger partial charge on any atom is 0.262 e.